The van der Waals surface area contributed by atoms with Crippen LogP contribution in [-0.4, -0.2) is 74.5 Å². The number of rotatable bonds is 14. The SMILES string of the molecule is C=C(/C=C\C(F)=C1/CN(CCSCCCN(C)C)C=C(c2ccc(OC)cc2)C1=O)OCCC. The van der Waals surface area contributed by atoms with Crippen LogP contribution in [0.4, 0.5) is 4.39 Å². The fourth-order valence-electron chi connectivity index (χ4n) is 3.34. The largest absolute Gasteiger partial charge is 0.497 e. The fourth-order valence-corrected chi connectivity index (χ4v) is 4.24. The lowest BCUT2D eigenvalue weighted by atomic mass is 9.93. The lowest BCUT2D eigenvalue weighted by molar-refractivity contribution is -0.111. The molecule has 1 aliphatic heterocycles. The predicted octanol–water partition coefficient (Wildman–Crippen LogP) is 5.33. The van der Waals surface area contributed by atoms with Crippen LogP contribution in [0.1, 0.15) is 25.3 Å². The quantitative estimate of drug-likeness (QED) is 0.153. The van der Waals surface area contributed by atoms with Crippen molar-refractivity contribution in [2.45, 2.75) is 19.8 Å². The van der Waals surface area contributed by atoms with Crippen LogP contribution in [0.5, 0.6) is 5.75 Å². The van der Waals surface area contributed by atoms with Gasteiger partial charge in [-0.15, -0.1) is 0 Å². The number of halogens is 1. The van der Waals surface area contributed by atoms with Gasteiger partial charge >= 0.3 is 0 Å². The van der Waals surface area contributed by atoms with Gasteiger partial charge in [0.05, 0.1) is 19.3 Å². The summed E-state index contributed by atoms with van der Waals surface area (Å²) in [6.07, 6.45) is 6.57. The Hall–Kier alpha value is -2.51. The first-order valence-electron chi connectivity index (χ1n) is 11.6. The zero-order valence-electron chi connectivity index (χ0n) is 20.8. The molecule has 0 atom stereocenters. The van der Waals surface area contributed by atoms with Crippen LogP contribution in [0.2, 0.25) is 0 Å². The summed E-state index contributed by atoms with van der Waals surface area (Å²) in [4.78, 5) is 17.4. The molecule has 1 aromatic rings. The molecule has 7 heteroatoms. The second kappa shape index (κ2) is 14.7. The smallest absolute Gasteiger partial charge is 0.195 e. The van der Waals surface area contributed by atoms with Crippen molar-refractivity contribution >= 4 is 23.1 Å². The number of benzene rings is 1. The van der Waals surface area contributed by atoms with E-state index in [9.17, 15) is 4.79 Å². The Morgan fingerprint density at radius 3 is 2.62 bits per heavy atom. The molecule has 0 unspecified atom stereocenters. The summed E-state index contributed by atoms with van der Waals surface area (Å²) in [6.45, 7) is 8.30. The second-order valence-electron chi connectivity index (χ2n) is 8.31. The predicted molar refractivity (Wildman–Crippen MR) is 141 cm³/mol. The lowest BCUT2D eigenvalue weighted by Gasteiger charge is -2.28. The number of ether oxygens (including phenoxy) is 2. The third kappa shape index (κ3) is 9.03. The number of Topliss-reactive ketones (excluding diaryl/α,β-unsaturated/α-hetero) is 1. The zero-order chi connectivity index (χ0) is 24.9. The van der Waals surface area contributed by atoms with Gasteiger partial charge in [0.15, 0.2) is 5.78 Å². The topological polar surface area (TPSA) is 42.0 Å². The molecule has 2 rings (SSSR count). The first kappa shape index (κ1) is 27.7. The van der Waals surface area contributed by atoms with Crippen molar-refractivity contribution in [3.8, 4) is 5.75 Å². The van der Waals surface area contributed by atoms with Crippen LogP contribution in [-0.2, 0) is 9.53 Å². The molecule has 0 N–H and O–H groups in total. The highest BCUT2D eigenvalue weighted by atomic mass is 32.2. The molecule has 34 heavy (non-hydrogen) atoms. The van der Waals surface area contributed by atoms with Crippen molar-refractivity contribution in [1.29, 1.82) is 0 Å². The summed E-state index contributed by atoms with van der Waals surface area (Å²) in [7, 11) is 5.74. The number of nitrogens with zero attached hydrogens (tertiary/aromatic N) is 2. The number of methoxy groups -OCH3 is 1. The highest BCUT2D eigenvalue weighted by Crippen LogP contribution is 2.29. The Kier molecular flexibility index (Phi) is 12.0. The van der Waals surface area contributed by atoms with Crippen LogP contribution in [0.25, 0.3) is 5.57 Å². The minimum absolute atomic E-state index is 0.144. The standard InChI is InChI=1S/C27H37FN2O3S/c1-6-16-33-21(2)8-13-26(28)25-20-30(15-18-34-17-7-14-29(3)4)19-24(27(25)31)22-9-11-23(32-5)12-10-22/h8-13,19H,2,6-7,14-18,20H2,1,3-5H3/b13-8-,26-25-. The van der Waals surface area contributed by atoms with E-state index in [2.05, 4.69) is 25.6 Å². The monoisotopic (exact) mass is 488 g/mol. The number of hydrogen-bond donors (Lipinski definition) is 0. The highest BCUT2D eigenvalue weighted by molar-refractivity contribution is 7.99. The van der Waals surface area contributed by atoms with Gasteiger partial charge in [0.2, 0.25) is 0 Å². The normalized spacial score (nSPS) is 15.6. The molecule has 186 valence electrons. The molecule has 1 heterocycles. The van der Waals surface area contributed by atoms with Crippen LogP contribution < -0.4 is 4.74 Å². The zero-order valence-corrected chi connectivity index (χ0v) is 21.6. The maximum absolute atomic E-state index is 15.2. The molecule has 1 aliphatic rings. The minimum atomic E-state index is -0.561. The molecule has 0 aromatic heterocycles. The number of carbonyl (C=O) groups is 1. The Labute approximate surface area is 208 Å². The number of carbonyl (C=O) groups excluding carboxylic acids is 1. The summed E-state index contributed by atoms with van der Waals surface area (Å²) >= 11 is 1.87. The molecule has 0 radical (unpaired) electrons. The van der Waals surface area contributed by atoms with Gasteiger partial charge in [-0.25, -0.2) is 4.39 Å². The average Bonchev–Trinajstić information content (AvgIpc) is 2.83. The summed E-state index contributed by atoms with van der Waals surface area (Å²) in [6, 6.07) is 7.26. The molecule has 0 saturated carbocycles. The number of ketones is 1. The lowest BCUT2D eigenvalue weighted by Crippen LogP contribution is -2.31. The minimum Gasteiger partial charge on any atom is -0.497 e. The summed E-state index contributed by atoms with van der Waals surface area (Å²) < 4.78 is 25.8. The molecule has 0 saturated heterocycles. The van der Waals surface area contributed by atoms with E-state index in [0.717, 1.165) is 43.0 Å². The van der Waals surface area contributed by atoms with Gasteiger partial charge in [-0.3, -0.25) is 4.79 Å². The van der Waals surface area contributed by atoms with Gasteiger partial charge in [-0.05, 0) is 69.1 Å². The third-order valence-electron chi connectivity index (χ3n) is 5.20. The van der Waals surface area contributed by atoms with Crippen molar-refractivity contribution in [3.05, 3.63) is 71.9 Å². The number of allylic oxidation sites excluding steroid dienone is 4. The molecule has 0 fully saturated rings. The van der Waals surface area contributed by atoms with Gasteiger partial charge in [-0.2, -0.15) is 11.8 Å². The van der Waals surface area contributed by atoms with E-state index < -0.39 is 5.83 Å². The van der Waals surface area contributed by atoms with Gasteiger partial charge < -0.3 is 19.3 Å². The van der Waals surface area contributed by atoms with Crippen LogP contribution >= 0.6 is 11.8 Å². The number of hydrogen-bond acceptors (Lipinski definition) is 6. The molecule has 0 spiro atoms. The molecule has 0 amide bonds. The van der Waals surface area contributed by atoms with Gasteiger partial charge in [0, 0.05) is 30.6 Å². The van der Waals surface area contributed by atoms with Crippen LogP contribution in [0.15, 0.2) is 66.4 Å². The van der Waals surface area contributed by atoms with Gasteiger partial charge in [0.1, 0.15) is 17.3 Å². The summed E-state index contributed by atoms with van der Waals surface area (Å²) in [5.74, 6) is 2.18. The Morgan fingerprint density at radius 1 is 1.24 bits per heavy atom. The van der Waals surface area contributed by atoms with Crippen molar-refractivity contribution in [2.24, 2.45) is 0 Å². The fraction of sp³-hybridized carbons (Fsp3) is 0.444. The van der Waals surface area contributed by atoms with E-state index in [-0.39, 0.29) is 17.9 Å². The van der Waals surface area contributed by atoms with E-state index in [1.807, 2.05) is 41.9 Å². The highest BCUT2D eigenvalue weighted by Gasteiger charge is 2.27. The first-order valence-corrected chi connectivity index (χ1v) is 12.8. The Morgan fingerprint density at radius 2 is 1.97 bits per heavy atom. The first-order chi connectivity index (χ1) is 16.3. The van der Waals surface area contributed by atoms with E-state index in [1.54, 1.807) is 19.2 Å². The van der Waals surface area contributed by atoms with E-state index in [0.29, 0.717) is 23.7 Å². The third-order valence-corrected chi connectivity index (χ3v) is 6.25. The molecular weight excluding hydrogens is 451 g/mol. The molecule has 5 nitrogen and oxygen atoms in total. The van der Waals surface area contributed by atoms with Crippen LogP contribution in [0, 0.1) is 0 Å². The molecule has 0 bridgehead atoms. The summed E-state index contributed by atoms with van der Waals surface area (Å²) in [5.41, 5.74) is 1.36. The molecule has 1 aromatic carbocycles. The molecular formula is C27H37FN2O3S. The Bertz CT molecular complexity index is 907. The van der Waals surface area contributed by atoms with E-state index in [1.165, 1.54) is 12.2 Å². The second-order valence-corrected chi connectivity index (χ2v) is 9.54. The Balaban J connectivity index is 2.19. The van der Waals surface area contributed by atoms with E-state index >= 15 is 4.39 Å². The van der Waals surface area contributed by atoms with E-state index in [4.69, 9.17) is 9.47 Å². The van der Waals surface area contributed by atoms with Crippen molar-refractivity contribution < 1.29 is 18.7 Å². The van der Waals surface area contributed by atoms with Gasteiger partial charge in [0.25, 0.3) is 0 Å². The summed E-state index contributed by atoms with van der Waals surface area (Å²) in [5, 5.41) is 0. The average molecular weight is 489 g/mol. The maximum atomic E-state index is 15.2. The molecule has 0 aliphatic carbocycles. The van der Waals surface area contributed by atoms with Crippen molar-refractivity contribution in [3.63, 3.8) is 0 Å². The number of thioether (sulfide) groups is 1. The maximum Gasteiger partial charge on any atom is 0.195 e. The van der Waals surface area contributed by atoms with Crippen molar-refractivity contribution in [2.75, 3.05) is 59.0 Å². The van der Waals surface area contributed by atoms with Gasteiger partial charge in [-0.1, -0.05) is 25.6 Å². The van der Waals surface area contributed by atoms with Crippen LogP contribution in [0.3, 0.4) is 0 Å². The van der Waals surface area contributed by atoms with Crippen molar-refractivity contribution in [1.82, 2.24) is 9.80 Å².